The summed E-state index contributed by atoms with van der Waals surface area (Å²) in [6.07, 6.45) is 3.65. The third-order valence-corrected chi connectivity index (χ3v) is 2.33. The van der Waals surface area contributed by atoms with E-state index in [0.29, 0.717) is 19.4 Å². The lowest BCUT2D eigenvalue weighted by molar-refractivity contribution is -0.142. The highest BCUT2D eigenvalue weighted by Crippen LogP contribution is 2.12. The molecule has 1 heterocycles. The van der Waals surface area contributed by atoms with Crippen molar-refractivity contribution in [2.24, 2.45) is 18.7 Å². The van der Waals surface area contributed by atoms with Gasteiger partial charge in [0.1, 0.15) is 0 Å². The minimum absolute atomic E-state index is 0.372. The first-order valence-electron chi connectivity index (χ1n) is 5.05. The Labute approximate surface area is 88.9 Å². The summed E-state index contributed by atoms with van der Waals surface area (Å²) in [6, 6.07) is 1.85. The van der Waals surface area contributed by atoms with Crippen molar-refractivity contribution in [3.8, 4) is 0 Å². The Morgan fingerprint density at radius 1 is 1.73 bits per heavy atom. The third kappa shape index (κ3) is 3.71. The summed E-state index contributed by atoms with van der Waals surface area (Å²) in [6.45, 7) is 0.534. The van der Waals surface area contributed by atoms with Crippen molar-refractivity contribution in [2.45, 2.75) is 19.3 Å². The molecule has 0 saturated carbocycles. The first kappa shape index (κ1) is 11.7. The molecule has 0 aromatic carbocycles. The van der Waals surface area contributed by atoms with E-state index in [1.807, 2.05) is 19.3 Å². The number of carbonyl (C=O) groups is 1. The van der Waals surface area contributed by atoms with Crippen molar-refractivity contribution < 1.29 is 9.90 Å². The molecule has 0 fully saturated rings. The van der Waals surface area contributed by atoms with Gasteiger partial charge in [-0.15, -0.1) is 0 Å². The van der Waals surface area contributed by atoms with E-state index >= 15 is 0 Å². The minimum atomic E-state index is -0.769. The molecule has 1 aromatic rings. The molecule has 3 N–H and O–H groups in total. The number of hydrogen-bond donors (Lipinski definition) is 2. The summed E-state index contributed by atoms with van der Waals surface area (Å²) in [7, 11) is 1.82. The number of rotatable bonds is 6. The van der Waals surface area contributed by atoms with E-state index in [4.69, 9.17) is 10.8 Å². The number of nitrogens with two attached hydrogens (primary N) is 1. The lowest BCUT2D eigenvalue weighted by Gasteiger charge is -2.09. The van der Waals surface area contributed by atoms with Crippen LogP contribution in [0.3, 0.4) is 0 Å². The van der Waals surface area contributed by atoms with Gasteiger partial charge in [0.15, 0.2) is 0 Å². The molecule has 0 spiro atoms. The molecule has 0 aliphatic rings. The Balaban J connectivity index is 2.54. The number of carboxylic acids is 1. The van der Waals surface area contributed by atoms with E-state index in [0.717, 1.165) is 12.1 Å². The second-order valence-corrected chi connectivity index (χ2v) is 3.65. The SMILES string of the molecule is Cn1ccc(CC(CCCN)C(=O)O)n1. The predicted molar refractivity (Wildman–Crippen MR) is 56.3 cm³/mol. The number of hydrogen-bond acceptors (Lipinski definition) is 3. The van der Waals surface area contributed by atoms with Crippen LogP contribution >= 0.6 is 0 Å². The summed E-state index contributed by atoms with van der Waals surface area (Å²) in [4.78, 5) is 10.9. The summed E-state index contributed by atoms with van der Waals surface area (Å²) >= 11 is 0. The molecule has 1 unspecified atom stereocenters. The fourth-order valence-electron chi connectivity index (χ4n) is 1.50. The van der Waals surface area contributed by atoms with Crippen LogP contribution in [-0.2, 0) is 18.3 Å². The molecular weight excluding hydrogens is 194 g/mol. The third-order valence-electron chi connectivity index (χ3n) is 2.33. The lowest BCUT2D eigenvalue weighted by atomic mass is 9.98. The fourth-order valence-corrected chi connectivity index (χ4v) is 1.50. The van der Waals surface area contributed by atoms with Crippen LogP contribution in [0.4, 0.5) is 0 Å². The highest BCUT2D eigenvalue weighted by Gasteiger charge is 2.18. The van der Waals surface area contributed by atoms with Crippen molar-refractivity contribution >= 4 is 5.97 Å². The standard InChI is InChI=1S/C10H17N3O2/c1-13-6-4-9(12-13)7-8(10(14)15)3-2-5-11/h4,6,8H,2-3,5,7,11H2,1H3,(H,14,15). The summed E-state index contributed by atoms with van der Waals surface area (Å²) in [5.74, 6) is -1.14. The molecule has 0 amide bonds. The molecule has 5 heteroatoms. The van der Waals surface area contributed by atoms with Gasteiger partial charge in [-0.1, -0.05) is 0 Å². The molecule has 0 aliphatic carbocycles. The Morgan fingerprint density at radius 3 is 2.93 bits per heavy atom. The lowest BCUT2D eigenvalue weighted by Crippen LogP contribution is -2.18. The van der Waals surface area contributed by atoms with E-state index < -0.39 is 5.97 Å². The van der Waals surface area contributed by atoms with Crippen molar-refractivity contribution in [3.05, 3.63) is 18.0 Å². The Bertz CT molecular complexity index is 322. The van der Waals surface area contributed by atoms with Crippen LogP contribution in [0.2, 0.25) is 0 Å². The summed E-state index contributed by atoms with van der Waals surface area (Å²) < 4.78 is 1.68. The second-order valence-electron chi connectivity index (χ2n) is 3.65. The number of aromatic nitrogens is 2. The van der Waals surface area contributed by atoms with E-state index in [1.54, 1.807) is 4.68 Å². The van der Waals surface area contributed by atoms with Crippen LogP contribution in [-0.4, -0.2) is 27.4 Å². The van der Waals surface area contributed by atoms with Crippen molar-refractivity contribution in [2.75, 3.05) is 6.54 Å². The van der Waals surface area contributed by atoms with Crippen molar-refractivity contribution in [3.63, 3.8) is 0 Å². The zero-order valence-electron chi connectivity index (χ0n) is 8.89. The van der Waals surface area contributed by atoms with Crippen LogP contribution in [0.15, 0.2) is 12.3 Å². The van der Waals surface area contributed by atoms with Crippen LogP contribution in [0.25, 0.3) is 0 Å². The van der Waals surface area contributed by atoms with Crippen LogP contribution < -0.4 is 5.73 Å². The number of nitrogens with zero attached hydrogens (tertiary/aromatic N) is 2. The van der Waals surface area contributed by atoms with Gasteiger partial charge in [-0.25, -0.2) is 0 Å². The first-order valence-corrected chi connectivity index (χ1v) is 5.05. The highest BCUT2D eigenvalue weighted by atomic mass is 16.4. The van der Waals surface area contributed by atoms with Crippen molar-refractivity contribution in [1.29, 1.82) is 0 Å². The van der Waals surface area contributed by atoms with Crippen LogP contribution in [0, 0.1) is 5.92 Å². The number of carboxylic acid groups (broad SMARTS) is 1. The average Bonchev–Trinajstić information content (AvgIpc) is 2.58. The van der Waals surface area contributed by atoms with Gasteiger partial charge in [0.2, 0.25) is 0 Å². The quantitative estimate of drug-likeness (QED) is 0.713. The van der Waals surface area contributed by atoms with Gasteiger partial charge in [0, 0.05) is 19.7 Å². The van der Waals surface area contributed by atoms with Gasteiger partial charge in [-0.3, -0.25) is 9.48 Å². The molecule has 15 heavy (non-hydrogen) atoms. The van der Waals surface area contributed by atoms with Crippen molar-refractivity contribution in [1.82, 2.24) is 9.78 Å². The Morgan fingerprint density at radius 2 is 2.47 bits per heavy atom. The van der Waals surface area contributed by atoms with Gasteiger partial charge >= 0.3 is 5.97 Å². The van der Waals surface area contributed by atoms with E-state index in [2.05, 4.69) is 5.10 Å². The highest BCUT2D eigenvalue weighted by molar-refractivity contribution is 5.70. The van der Waals surface area contributed by atoms with Gasteiger partial charge in [0.05, 0.1) is 11.6 Å². The molecule has 0 aliphatic heterocycles. The second kappa shape index (κ2) is 5.50. The normalized spacial score (nSPS) is 12.7. The largest absolute Gasteiger partial charge is 0.481 e. The Kier molecular flexibility index (Phi) is 4.30. The average molecular weight is 211 g/mol. The Hall–Kier alpha value is -1.36. The summed E-state index contributed by atoms with van der Waals surface area (Å²) in [5, 5.41) is 13.2. The zero-order valence-corrected chi connectivity index (χ0v) is 8.89. The van der Waals surface area contributed by atoms with E-state index in [1.165, 1.54) is 0 Å². The summed E-state index contributed by atoms with van der Waals surface area (Å²) in [5.41, 5.74) is 6.18. The maximum Gasteiger partial charge on any atom is 0.306 e. The van der Waals surface area contributed by atoms with Gasteiger partial charge < -0.3 is 10.8 Å². The zero-order chi connectivity index (χ0) is 11.3. The maximum atomic E-state index is 10.9. The molecule has 1 rings (SSSR count). The molecule has 0 saturated heterocycles. The smallest absolute Gasteiger partial charge is 0.306 e. The fraction of sp³-hybridized carbons (Fsp3) is 0.600. The minimum Gasteiger partial charge on any atom is -0.481 e. The first-order chi connectivity index (χ1) is 7.13. The van der Waals surface area contributed by atoms with Gasteiger partial charge in [0.25, 0.3) is 0 Å². The van der Waals surface area contributed by atoms with Gasteiger partial charge in [-0.2, -0.15) is 5.10 Å². The van der Waals surface area contributed by atoms with E-state index in [-0.39, 0.29) is 5.92 Å². The molecule has 0 radical (unpaired) electrons. The molecule has 0 bridgehead atoms. The number of aryl methyl sites for hydroxylation is 1. The van der Waals surface area contributed by atoms with Crippen LogP contribution in [0.5, 0.6) is 0 Å². The molecule has 5 nitrogen and oxygen atoms in total. The number of aliphatic carboxylic acids is 1. The molecular formula is C10H17N3O2. The molecule has 1 atom stereocenters. The predicted octanol–water partition coefficient (Wildman–Crippen LogP) is 0.402. The maximum absolute atomic E-state index is 10.9. The van der Waals surface area contributed by atoms with Gasteiger partial charge in [-0.05, 0) is 25.5 Å². The topological polar surface area (TPSA) is 81.1 Å². The molecule has 1 aromatic heterocycles. The molecule has 84 valence electrons. The van der Waals surface area contributed by atoms with E-state index in [9.17, 15) is 4.79 Å². The van der Waals surface area contributed by atoms with Crippen LogP contribution in [0.1, 0.15) is 18.5 Å². The monoisotopic (exact) mass is 211 g/mol.